The zero-order valence-electron chi connectivity index (χ0n) is 9.08. The van der Waals surface area contributed by atoms with Crippen molar-refractivity contribution in [3.05, 3.63) is 0 Å². The normalized spacial score (nSPS) is 20.5. The number of nitrogens with two attached hydrogens (primary N) is 1. The van der Waals surface area contributed by atoms with Crippen LogP contribution < -0.4 is 5.73 Å². The van der Waals surface area contributed by atoms with Crippen LogP contribution in [0.3, 0.4) is 0 Å². The number of hydrogen-bond acceptors (Lipinski definition) is 3. The maximum absolute atomic E-state index is 12.0. The molecule has 0 unspecified atom stereocenters. The van der Waals surface area contributed by atoms with Gasteiger partial charge in [0.15, 0.2) is 0 Å². The molecule has 0 atom stereocenters. The van der Waals surface area contributed by atoms with E-state index < -0.39 is 5.54 Å². The van der Waals surface area contributed by atoms with E-state index in [0.717, 1.165) is 13.1 Å². The molecule has 4 nitrogen and oxygen atoms in total. The molecule has 0 radical (unpaired) electrons. The van der Waals surface area contributed by atoms with Crippen molar-refractivity contribution in [3.63, 3.8) is 0 Å². The summed E-state index contributed by atoms with van der Waals surface area (Å²) in [5.41, 5.74) is 5.41. The first-order valence-corrected chi connectivity index (χ1v) is 5.30. The second-order valence-corrected chi connectivity index (χ2v) is 3.75. The average Bonchev–Trinajstić information content (AvgIpc) is 2.20. The molecule has 0 aliphatic carbocycles. The smallest absolute Gasteiger partial charge is 0.242 e. The molecule has 14 heavy (non-hydrogen) atoms. The summed E-state index contributed by atoms with van der Waals surface area (Å²) in [6, 6.07) is 0. The predicted octanol–water partition coefficient (Wildman–Crippen LogP) is 0.363. The molecule has 4 heteroatoms. The average molecular weight is 200 g/mol. The summed E-state index contributed by atoms with van der Waals surface area (Å²) in [5.74, 6) is 0.0748. The lowest BCUT2D eigenvalue weighted by molar-refractivity contribution is -0.140. The standard InChI is InChI=1S/C10H20N2O2/c1-3-12(4-2)9(13)10(11)5-7-14-8-6-10/h3-8,11H2,1-2H3. The zero-order chi connectivity index (χ0) is 10.6. The molecule has 0 bridgehead atoms. The van der Waals surface area contributed by atoms with E-state index in [-0.39, 0.29) is 5.91 Å². The van der Waals surface area contributed by atoms with Crippen molar-refractivity contribution < 1.29 is 9.53 Å². The first kappa shape index (κ1) is 11.5. The van der Waals surface area contributed by atoms with Crippen LogP contribution in [0.25, 0.3) is 0 Å². The van der Waals surface area contributed by atoms with E-state index in [2.05, 4.69) is 0 Å². The Balaban J connectivity index is 2.64. The summed E-state index contributed by atoms with van der Waals surface area (Å²) >= 11 is 0. The van der Waals surface area contributed by atoms with Gasteiger partial charge in [0, 0.05) is 26.3 Å². The quantitative estimate of drug-likeness (QED) is 0.715. The van der Waals surface area contributed by atoms with Gasteiger partial charge in [0.05, 0.1) is 5.54 Å². The third-order valence-corrected chi connectivity index (χ3v) is 2.86. The molecule has 0 saturated carbocycles. The van der Waals surface area contributed by atoms with E-state index in [0.29, 0.717) is 26.1 Å². The van der Waals surface area contributed by atoms with Gasteiger partial charge < -0.3 is 15.4 Å². The van der Waals surface area contributed by atoms with E-state index in [1.165, 1.54) is 0 Å². The summed E-state index contributed by atoms with van der Waals surface area (Å²) in [6.45, 7) is 6.62. The third kappa shape index (κ3) is 2.25. The molecule has 2 N–H and O–H groups in total. The number of hydrogen-bond donors (Lipinski definition) is 1. The fourth-order valence-electron chi connectivity index (χ4n) is 1.78. The van der Waals surface area contributed by atoms with Gasteiger partial charge in [0.2, 0.25) is 5.91 Å². The summed E-state index contributed by atoms with van der Waals surface area (Å²) in [6.07, 6.45) is 1.28. The molecule has 1 rings (SSSR count). The highest BCUT2D eigenvalue weighted by atomic mass is 16.5. The monoisotopic (exact) mass is 200 g/mol. The van der Waals surface area contributed by atoms with Gasteiger partial charge in [-0.2, -0.15) is 0 Å². The lowest BCUT2D eigenvalue weighted by atomic mass is 9.89. The van der Waals surface area contributed by atoms with E-state index in [1.54, 1.807) is 4.90 Å². The topological polar surface area (TPSA) is 55.6 Å². The van der Waals surface area contributed by atoms with Crippen LogP contribution >= 0.6 is 0 Å². The minimum Gasteiger partial charge on any atom is -0.381 e. The van der Waals surface area contributed by atoms with Crippen molar-refractivity contribution >= 4 is 5.91 Å². The van der Waals surface area contributed by atoms with Gasteiger partial charge in [-0.1, -0.05) is 0 Å². The highest BCUT2D eigenvalue weighted by molar-refractivity contribution is 5.86. The Hall–Kier alpha value is -0.610. The Kier molecular flexibility index (Phi) is 3.89. The highest BCUT2D eigenvalue weighted by Crippen LogP contribution is 2.20. The van der Waals surface area contributed by atoms with Crippen molar-refractivity contribution in [2.45, 2.75) is 32.2 Å². The third-order valence-electron chi connectivity index (χ3n) is 2.86. The SMILES string of the molecule is CCN(CC)C(=O)C1(N)CCOCC1. The number of nitrogens with zero attached hydrogens (tertiary/aromatic N) is 1. The molecule has 1 amide bonds. The van der Waals surface area contributed by atoms with Crippen molar-refractivity contribution in [3.8, 4) is 0 Å². The molecule has 0 aromatic heterocycles. The van der Waals surface area contributed by atoms with Crippen LogP contribution in [0.15, 0.2) is 0 Å². The largest absolute Gasteiger partial charge is 0.381 e. The summed E-state index contributed by atoms with van der Waals surface area (Å²) in [7, 11) is 0. The number of rotatable bonds is 3. The fraction of sp³-hybridized carbons (Fsp3) is 0.900. The molecule has 1 aliphatic rings. The van der Waals surface area contributed by atoms with Gasteiger partial charge in [-0.15, -0.1) is 0 Å². The van der Waals surface area contributed by atoms with Gasteiger partial charge in [-0.05, 0) is 26.7 Å². The van der Waals surface area contributed by atoms with Crippen molar-refractivity contribution in [1.29, 1.82) is 0 Å². The second kappa shape index (κ2) is 4.75. The molecule has 1 fully saturated rings. The van der Waals surface area contributed by atoms with E-state index in [9.17, 15) is 4.79 Å². The predicted molar refractivity (Wildman–Crippen MR) is 54.9 cm³/mol. The first-order valence-electron chi connectivity index (χ1n) is 5.30. The minimum atomic E-state index is -0.676. The Bertz CT molecular complexity index is 196. The zero-order valence-corrected chi connectivity index (χ0v) is 9.08. The number of carbonyl (C=O) groups excluding carboxylic acids is 1. The molecule has 1 saturated heterocycles. The minimum absolute atomic E-state index is 0.0748. The Labute approximate surface area is 85.4 Å². The van der Waals surface area contributed by atoms with Gasteiger partial charge in [0.25, 0.3) is 0 Å². The molecule has 1 heterocycles. The van der Waals surface area contributed by atoms with E-state index >= 15 is 0 Å². The summed E-state index contributed by atoms with van der Waals surface area (Å²) < 4.78 is 5.21. The van der Waals surface area contributed by atoms with Gasteiger partial charge >= 0.3 is 0 Å². The van der Waals surface area contributed by atoms with Crippen LogP contribution in [-0.4, -0.2) is 42.6 Å². The van der Waals surface area contributed by atoms with Gasteiger partial charge in [0.1, 0.15) is 0 Å². The maximum Gasteiger partial charge on any atom is 0.242 e. The number of ether oxygens (including phenoxy) is 1. The maximum atomic E-state index is 12.0. The molecule has 1 aliphatic heterocycles. The van der Waals surface area contributed by atoms with Crippen molar-refractivity contribution in [2.24, 2.45) is 5.73 Å². The second-order valence-electron chi connectivity index (χ2n) is 3.75. The van der Waals surface area contributed by atoms with Gasteiger partial charge in [-0.25, -0.2) is 0 Å². The van der Waals surface area contributed by atoms with Crippen LogP contribution in [0.4, 0.5) is 0 Å². The summed E-state index contributed by atoms with van der Waals surface area (Å²) in [5, 5.41) is 0. The van der Waals surface area contributed by atoms with Crippen molar-refractivity contribution in [2.75, 3.05) is 26.3 Å². The molecular formula is C10H20N2O2. The van der Waals surface area contributed by atoms with Crippen LogP contribution in [0.1, 0.15) is 26.7 Å². The summed E-state index contributed by atoms with van der Waals surface area (Å²) in [4.78, 5) is 13.8. The first-order chi connectivity index (χ1) is 6.64. The van der Waals surface area contributed by atoms with Crippen LogP contribution in [0.5, 0.6) is 0 Å². The Morgan fingerprint density at radius 1 is 1.36 bits per heavy atom. The number of amides is 1. The van der Waals surface area contributed by atoms with Crippen LogP contribution in [-0.2, 0) is 9.53 Å². The van der Waals surface area contributed by atoms with Crippen molar-refractivity contribution in [1.82, 2.24) is 4.90 Å². The van der Waals surface area contributed by atoms with Crippen LogP contribution in [0.2, 0.25) is 0 Å². The molecular weight excluding hydrogens is 180 g/mol. The fourth-order valence-corrected chi connectivity index (χ4v) is 1.78. The molecule has 82 valence electrons. The van der Waals surface area contributed by atoms with E-state index in [4.69, 9.17) is 10.5 Å². The van der Waals surface area contributed by atoms with Crippen LogP contribution in [0, 0.1) is 0 Å². The lowest BCUT2D eigenvalue weighted by Crippen LogP contribution is -2.57. The number of likely N-dealkylation sites (N-methyl/N-ethyl adjacent to an activating group) is 1. The van der Waals surface area contributed by atoms with Gasteiger partial charge in [-0.3, -0.25) is 4.79 Å². The Morgan fingerprint density at radius 3 is 2.29 bits per heavy atom. The molecule has 0 aromatic rings. The molecule has 0 aromatic carbocycles. The molecule has 0 spiro atoms. The lowest BCUT2D eigenvalue weighted by Gasteiger charge is -2.36. The Morgan fingerprint density at radius 2 is 1.86 bits per heavy atom. The number of carbonyl (C=O) groups is 1. The highest BCUT2D eigenvalue weighted by Gasteiger charge is 2.37. The van der Waals surface area contributed by atoms with E-state index in [1.807, 2.05) is 13.8 Å².